The number of imidazole rings is 1. The molecule has 0 aliphatic rings. The highest BCUT2D eigenvalue weighted by Crippen LogP contribution is 2.26. The molecule has 0 fully saturated rings. The first-order chi connectivity index (χ1) is 9.92. The predicted molar refractivity (Wildman–Crippen MR) is 90.4 cm³/mol. The van der Waals surface area contributed by atoms with Crippen LogP contribution in [0.4, 0.5) is 5.95 Å². The highest BCUT2D eigenvalue weighted by molar-refractivity contribution is 9.10. The van der Waals surface area contributed by atoms with Gasteiger partial charge in [-0.3, -0.25) is 4.57 Å². The zero-order valence-electron chi connectivity index (χ0n) is 13.2. The molecule has 0 spiro atoms. The molecular weight excluding hydrogens is 330 g/mol. The number of aryl methyl sites for hydroxylation is 3. The molecule has 2 aromatic rings. The van der Waals surface area contributed by atoms with Gasteiger partial charge in [-0.25, -0.2) is 4.98 Å². The van der Waals surface area contributed by atoms with E-state index in [-0.39, 0.29) is 6.04 Å². The van der Waals surface area contributed by atoms with E-state index in [1.54, 1.807) is 7.11 Å². The van der Waals surface area contributed by atoms with Gasteiger partial charge >= 0.3 is 0 Å². The maximum Gasteiger partial charge on any atom is 0.208 e. The topological polar surface area (TPSA) is 39.1 Å². The third-order valence-electron chi connectivity index (χ3n) is 3.32. The van der Waals surface area contributed by atoms with Crippen LogP contribution in [0.15, 0.2) is 22.8 Å². The molecule has 1 aromatic carbocycles. The Morgan fingerprint density at radius 2 is 1.90 bits per heavy atom. The average Bonchev–Trinajstić information content (AvgIpc) is 2.76. The van der Waals surface area contributed by atoms with Gasteiger partial charge in [0, 0.05) is 29.5 Å². The SMILES string of the molecule is COCC(C)Nc1nc(C)cn1-c1cc(C)c(Br)c(C)c1. The molecule has 0 aliphatic carbocycles. The van der Waals surface area contributed by atoms with Crippen LogP contribution in [-0.4, -0.2) is 29.3 Å². The standard InChI is InChI=1S/C16H22BrN3O/c1-10-6-14(7-11(2)15(10)17)20-8-12(3)18-16(20)19-13(4)9-21-5/h6-8,13H,9H2,1-5H3,(H,18,19). The van der Waals surface area contributed by atoms with Crippen molar-refractivity contribution in [2.75, 3.05) is 19.0 Å². The lowest BCUT2D eigenvalue weighted by Gasteiger charge is -2.16. The smallest absolute Gasteiger partial charge is 0.208 e. The molecule has 2 rings (SSSR count). The van der Waals surface area contributed by atoms with E-state index in [1.807, 2.05) is 13.1 Å². The van der Waals surface area contributed by atoms with Gasteiger partial charge in [0.15, 0.2) is 0 Å². The molecule has 1 heterocycles. The second-order valence-electron chi connectivity index (χ2n) is 5.47. The van der Waals surface area contributed by atoms with E-state index in [9.17, 15) is 0 Å². The molecule has 1 N–H and O–H groups in total. The molecule has 4 nitrogen and oxygen atoms in total. The van der Waals surface area contributed by atoms with Gasteiger partial charge in [0.05, 0.1) is 12.3 Å². The molecule has 1 unspecified atom stereocenters. The molecule has 0 radical (unpaired) electrons. The highest BCUT2D eigenvalue weighted by atomic mass is 79.9. The minimum absolute atomic E-state index is 0.202. The van der Waals surface area contributed by atoms with E-state index < -0.39 is 0 Å². The van der Waals surface area contributed by atoms with Gasteiger partial charge in [-0.05, 0) is 51.0 Å². The van der Waals surface area contributed by atoms with Crippen LogP contribution in [0.3, 0.4) is 0 Å². The molecule has 1 aromatic heterocycles. The van der Waals surface area contributed by atoms with Crippen molar-refractivity contribution in [3.05, 3.63) is 39.6 Å². The Kier molecular flexibility index (Phi) is 5.06. The Balaban J connectivity index is 2.40. The number of halogens is 1. The Labute approximate surface area is 134 Å². The fraction of sp³-hybridized carbons (Fsp3) is 0.438. The Morgan fingerprint density at radius 3 is 2.48 bits per heavy atom. The quantitative estimate of drug-likeness (QED) is 0.884. The monoisotopic (exact) mass is 351 g/mol. The maximum absolute atomic E-state index is 5.18. The number of nitrogens with one attached hydrogen (secondary N) is 1. The number of hydrogen-bond donors (Lipinski definition) is 1. The number of aromatic nitrogens is 2. The molecule has 114 valence electrons. The highest BCUT2D eigenvalue weighted by Gasteiger charge is 2.12. The summed E-state index contributed by atoms with van der Waals surface area (Å²) >= 11 is 3.61. The number of ether oxygens (including phenoxy) is 1. The fourth-order valence-electron chi connectivity index (χ4n) is 2.37. The Bertz CT molecular complexity index is 613. The van der Waals surface area contributed by atoms with Crippen LogP contribution < -0.4 is 5.32 Å². The number of nitrogens with zero attached hydrogens (tertiary/aromatic N) is 2. The molecular formula is C16H22BrN3O. The molecule has 21 heavy (non-hydrogen) atoms. The minimum atomic E-state index is 0.202. The molecule has 1 atom stereocenters. The van der Waals surface area contributed by atoms with E-state index in [0.717, 1.165) is 21.8 Å². The summed E-state index contributed by atoms with van der Waals surface area (Å²) in [5, 5.41) is 3.40. The first kappa shape index (κ1) is 16.0. The van der Waals surface area contributed by atoms with E-state index >= 15 is 0 Å². The number of hydrogen-bond acceptors (Lipinski definition) is 3. The lowest BCUT2D eigenvalue weighted by Crippen LogP contribution is -2.22. The van der Waals surface area contributed by atoms with Crippen molar-refractivity contribution < 1.29 is 4.74 Å². The summed E-state index contributed by atoms with van der Waals surface area (Å²) in [4.78, 5) is 4.58. The number of benzene rings is 1. The van der Waals surface area contributed by atoms with Crippen LogP contribution in [0.1, 0.15) is 23.7 Å². The van der Waals surface area contributed by atoms with Gasteiger partial charge < -0.3 is 10.1 Å². The molecule has 0 saturated heterocycles. The molecule has 0 amide bonds. The van der Waals surface area contributed by atoms with Crippen molar-refractivity contribution in [1.82, 2.24) is 9.55 Å². The first-order valence-corrected chi connectivity index (χ1v) is 7.80. The first-order valence-electron chi connectivity index (χ1n) is 7.01. The summed E-state index contributed by atoms with van der Waals surface area (Å²) in [5.74, 6) is 0.846. The summed E-state index contributed by atoms with van der Waals surface area (Å²) in [5.41, 5.74) is 4.53. The van der Waals surface area contributed by atoms with Gasteiger partial charge in [0.2, 0.25) is 5.95 Å². The lowest BCUT2D eigenvalue weighted by molar-refractivity contribution is 0.190. The Hall–Kier alpha value is -1.33. The molecule has 0 saturated carbocycles. The van der Waals surface area contributed by atoms with Crippen molar-refractivity contribution in [2.45, 2.75) is 33.7 Å². The lowest BCUT2D eigenvalue weighted by atomic mass is 10.1. The van der Waals surface area contributed by atoms with Crippen LogP contribution in [0.5, 0.6) is 0 Å². The van der Waals surface area contributed by atoms with Crippen LogP contribution in [0.25, 0.3) is 5.69 Å². The van der Waals surface area contributed by atoms with E-state index in [4.69, 9.17) is 4.74 Å². The van der Waals surface area contributed by atoms with Crippen molar-refractivity contribution in [3.63, 3.8) is 0 Å². The zero-order chi connectivity index (χ0) is 15.6. The molecule has 0 bridgehead atoms. The average molecular weight is 352 g/mol. The van der Waals surface area contributed by atoms with Gasteiger partial charge in [-0.15, -0.1) is 0 Å². The second-order valence-corrected chi connectivity index (χ2v) is 6.26. The normalized spacial score (nSPS) is 12.5. The van der Waals surface area contributed by atoms with Crippen LogP contribution in [0, 0.1) is 20.8 Å². The summed E-state index contributed by atoms with van der Waals surface area (Å²) in [6.07, 6.45) is 2.05. The van der Waals surface area contributed by atoms with Crippen molar-refractivity contribution in [1.29, 1.82) is 0 Å². The summed E-state index contributed by atoms with van der Waals surface area (Å²) in [7, 11) is 1.71. The van der Waals surface area contributed by atoms with Crippen molar-refractivity contribution >= 4 is 21.9 Å². The van der Waals surface area contributed by atoms with Crippen LogP contribution >= 0.6 is 15.9 Å². The zero-order valence-corrected chi connectivity index (χ0v) is 14.8. The predicted octanol–water partition coefficient (Wildman–Crippen LogP) is 4.01. The Morgan fingerprint density at radius 1 is 1.29 bits per heavy atom. The van der Waals surface area contributed by atoms with Gasteiger partial charge in [0.1, 0.15) is 0 Å². The molecule has 0 aliphatic heterocycles. The summed E-state index contributed by atoms with van der Waals surface area (Å²) < 4.78 is 8.43. The number of rotatable bonds is 5. The van der Waals surface area contributed by atoms with Crippen LogP contribution in [0.2, 0.25) is 0 Å². The van der Waals surface area contributed by atoms with Gasteiger partial charge in [-0.1, -0.05) is 15.9 Å². The summed E-state index contributed by atoms with van der Waals surface area (Å²) in [6, 6.07) is 4.52. The van der Waals surface area contributed by atoms with E-state index in [0.29, 0.717) is 6.61 Å². The largest absolute Gasteiger partial charge is 0.383 e. The van der Waals surface area contributed by atoms with E-state index in [1.165, 1.54) is 11.1 Å². The third kappa shape index (κ3) is 3.66. The third-order valence-corrected chi connectivity index (χ3v) is 4.57. The number of methoxy groups -OCH3 is 1. The van der Waals surface area contributed by atoms with Gasteiger partial charge in [-0.2, -0.15) is 0 Å². The van der Waals surface area contributed by atoms with Crippen molar-refractivity contribution in [2.24, 2.45) is 0 Å². The van der Waals surface area contributed by atoms with E-state index in [2.05, 4.69) is 63.7 Å². The minimum Gasteiger partial charge on any atom is -0.383 e. The molecule has 5 heteroatoms. The second kappa shape index (κ2) is 6.62. The maximum atomic E-state index is 5.18. The fourth-order valence-corrected chi connectivity index (χ4v) is 2.60. The van der Waals surface area contributed by atoms with Crippen molar-refractivity contribution in [3.8, 4) is 5.69 Å². The summed E-state index contributed by atoms with van der Waals surface area (Å²) in [6.45, 7) is 8.93. The van der Waals surface area contributed by atoms with Crippen LogP contribution in [-0.2, 0) is 4.74 Å². The van der Waals surface area contributed by atoms with Gasteiger partial charge in [0.25, 0.3) is 0 Å². The number of anilines is 1.